The van der Waals surface area contributed by atoms with Gasteiger partial charge in [0.1, 0.15) is 5.75 Å². The van der Waals surface area contributed by atoms with Crippen LogP contribution in [0.5, 0.6) is 5.75 Å². The molecule has 2 aromatic rings. The number of carbonyl (C=O) groups excluding carboxylic acids is 1. The quantitative estimate of drug-likeness (QED) is 0.905. The summed E-state index contributed by atoms with van der Waals surface area (Å²) in [5.74, 6) is 0.242. The molecule has 0 aliphatic rings. The number of hydrogen-bond donors (Lipinski definition) is 1. The monoisotopic (exact) mass is 306 g/mol. The number of pyridine rings is 1. The van der Waals surface area contributed by atoms with E-state index in [1.165, 1.54) is 18.3 Å². The number of amides is 1. The van der Waals surface area contributed by atoms with Crippen molar-refractivity contribution < 1.29 is 17.9 Å². The zero-order valence-electron chi connectivity index (χ0n) is 11.3. The Morgan fingerprint density at radius 2 is 1.90 bits per heavy atom. The Labute approximate surface area is 122 Å². The van der Waals surface area contributed by atoms with Crippen molar-refractivity contribution in [2.24, 2.45) is 0 Å². The van der Waals surface area contributed by atoms with Crippen molar-refractivity contribution in [1.82, 2.24) is 4.98 Å². The normalized spacial score (nSPS) is 10.9. The Balaban J connectivity index is 1.91. The molecule has 7 heteroatoms. The van der Waals surface area contributed by atoms with Gasteiger partial charge in [-0.1, -0.05) is 18.2 Å². The minimum Gasteiger partial charge on any atom is -0.484 e. The van der Waals surface area contributed by atoms with E-state index < -0.39 is 9.84 Å². The van der Waals surface area contributed by atoms with Gasteiger partial charge in [0.25, 0.3) is 5.91 Å². The van der Waals surface area contributed by atoms with Gasteiger partial charge in [0, 0.05) is 6.26 Å². The first-order valence-corrected chi connectivity index (χ1v) is 7.98. The van der Waals surface area contributed by atoms with Crippen molar-refractivity contribution in [2.75, 3.05) is 18.2 Å². The molecule has 1 aromatic heterocycles. The highest BCUT2D eigenvalue weighted by Crippen LogP contribution is 2.11. The number of para-hydroxylation sites is 1. The second kappa shape index (κ2) is 6.36. The van der Waals surface area contributed by atoms with Gasteiger partial charge >= 0.3 is 0 Å². The molecule has 0 aliphatic carbocycles. The summed E-state index contributed by atoms with van der Waals surface area (Å²) in [4.78, 5) is 15.5. The lowest BCUT2D eigenvalue weighted by Crippen LogP contribution is -2.20. The smallest absolute Gasteiger partial charge is 0.262 e. The van der Waals surface area contributed by atoms with Crippen molar-refractivity contribution in [1.29, 1.82) is 0 Å². The molecule has 0 saturated carbocycles. The maximum absolute atomic E-state index is 11.7. The maximum atomic E-state index is 11.7. The van der Waals surface area contributed by atoms with Crippen LogP contribution in [0.4, 0.5) is 5.69 Å². The van der Waals surface area contributed by atoms with Crippen molar-refractivity contribution >= 4 is 21.4 Å². The zero-order valence-corrected chi connectivity index (χ0v) is 12.1. The van der Waals surface area contributed by atoms with Gasteiger partial charge in [0.2, 0.25) is 0 Å². The van der Waals surface area contributed by atoms with E-state index in [4.69, 9.17) is 4.74 Å². The Kier molecular flexibility index (Phi) is 4.54. The largest absolute Gasteiger partial charge is 0.484 e. The molecule has 0 unspecified atom stereocenters. The Morgan fingerprint density at radius 3 is 2.48 bits per heavy atom. The molecule has 0 aliphatic heterocycles. The summed E-state index contributed by atoms with van der Waals surface area (Å²) >= 11 is 0. The number of sulfone groups is 1. The second-order valence-electron chi connectivity index (χ2n) is 4.31. The number of anilines is 1. The average molecular weight is 306 g/mol. The standard InChI is InChI=1S/C14H14N2O4S/c1-21(18,19)14-8-7-11(9-15-14)16-13(17)10-20-12-5-3-2-4-6-12/h2-9H,10H2,1H3,(H,16,17). The fourth-order valence-corrected chi connectivity index (χ4v) is 2.10. The summed E-state index contributed by atoms with van der Waals surface area (Å²) in [6, 6.07) is 11.8. The Morgan fingerprint density at radius 1 is 1.19 bits per heavy atom. The highest BCUT2D eigenvalue weighted by molar-refractivity contribution is 7.90. The van der Waals surface area contributed by atoms with E-state index >= 15 is 0 Å². The summed E-state index contributed by atoms with van der Waals surface area (Å²) < 4.78 is 27.8. The molecule has 0 bridgehead atoms. The number of ether oxygens (including phenoxy) is 1. The van der Waals surface area contributed by atoms with E-state index in [-0.39, 0.29) is 17.5 Å². The first-order valence-electron chi connectivity index (χ1n) is 6.09. The first-order chi connectivity index (χ1) is 9.95. The number of aromatic nitrogens is 1. The maximum Gasteiger partial charge on any atom is 0.262 e. The predicted octanol–water partition coefficient (Wildman–Crippen LogP) is 1.50. The highest BCUT2D eigenvalue weighted by Gasteiger charge is 2.09. The van der Waals surface area contributed by atoms with Gasteiger partial charge < -0.3 is 10.1 Å². The lowest BCUT2D eigenvalue weighted by Gasteiger charge is -2.07. The van der Waals surface area contributed by atoms with Gasteiger partial charge in [-0.15, -0.1) is 0 Å². The van der Waals surface area contributed by atoms with Crippen LogP contribution in [-0.2, 0) is 14.6 Å². The van der Waals surface area contributed by atoms with E-state index in [2.05, 4.69) is 10.3 Å². The lowest BCUT2D eigenvalue weighted by atomic mass is 10.3. The summed E-state index contributed by atoms with van der Waals surface area (Å²) in [7, 11) is -3.34. The van der Waals surface area contributed by atoms with Crippen molar-refractivity contribution in [3.63, 3.8) is 0 Å². The van der Waals surface area contributed by atoms with Crippen LogP contribution in [0.25, 0.3) is 0 Å². The molecular formula is C14H14N2O4S. The number of nitrogens with zero attached hydrogens (tertiary/aromatic N) is 1. The average Bonchev–Trinajstić information content (AvgIpc) is 2.46. The van der Waals surface area contributed by atoms with Crippen LogP contribution in [0.2, 0.25) is 0 Å². The minimum atomic E-state index is -3.34. The van der Waals surface area contributed by atoms with Crippen LogP contribution in [0, 0.1) is 0 Å². The molecule has 0 saturated heterocycles. The van der Waals surface area contributed by atoms with E-state index in [1.54, 1.807) is 24.3 Å². The van der Waals surface area contributed by atoms with Crippen LogP contribution in [0.1, 0.15) is 0 Å². The summed E-state index contributed by atoms with van der Waals surface area (Å²) in [5.41, 5.74) is 0.407. The van der Waals surface area contributed by atoms with E-state index in [0.717, 1.165) is 6.26 Å². The van der Waals surface area contributed by atoms with Crippen molar-refractivity contribution in [2.45, 2.75) is 5.03 Å². The molecule has 0 radical (unpaired) electrons. The number of benzene rings is 1. The third-order valence-corrected chi connectivity index (χ3v) is 3.51. The summed E-state index contributed by atoms with van der Waals surface area (Å²) in [6.45, 7) is -0.141. The topological polar surface area (TPSA) is 85.4 Å². The van der Waals surface area contributed by atoms with Crippen LogP contribution in [0.15, 0.2) is 53.7 Å². The molecule has 1 aromatic carbocycles. The van der Waals surface area contributed by atoms with Gasteiger partial charge in [-0.25, -0.2) is 13.4 Å². The third kappa shape index (κ3) is 4.57. The summed E-state index contributed by atoms with van der Waals surface area (Å²) in [5, 5.41) is 2.53. The van der Waals surface area contributed by atoms with E-state index in [0.29, 0.717) is 11.4 Å². The SMILES string of the molecule is CS(=O)(=O)c1ccc(NC(=O)COc2ccccc2)cn1. The fraction of sp³-hybridized carbons (Fsp3) is 0.143. The predicted molar refractivity (Wildman–Crippen MR) is 77.9 cm³/mol. The van der Waals surface area contributed by atoms with Gasteiger partial charge in [-0.2, -0.15) is 0 Å². The van der Waals surface area contributed by atoms with Crippen LogP contribution < -0.4 is 10.1 Å². The van der Waals surface area contributed by atoms with Crippen LogP contribution >= 0.6 is 0 Å². The minimum absolute atomic E-state index is 0.0407. The number of carbonyl (C=O) groups is 1. The molecule has 1 heterocycles. The zero-order chi connectivity index (χ0) is 15.3. The molecule has 1 N–H and O–H groups in total. The number of rotatable bonds is 5. The Hall–Kier alpha value is -2.41. The van der Waals surface area contributed by atoms with Gasteiger partial charge in [-0.05, 0) is 24.3 Å². The molecular weight excluding hydrogens is 292 g/mol. The highest BCUT2D eigenvalue weighted by atomic mass is 32.2. The molecule has 6 nitrogen and oxygen atoms in total. The molecule has 1 amide bonds. The lowest BCUT2D eigenvalue weighted by molar-refractivity contribution is -0.118. The van der Waals surface area contributed by atoms with Crippen molar-refractivity contribution in [3.8, 4) is 5.75 Å². The number of hydrogen-bond acceptors (Lipinski definition) is 5. The molecule has 2 rings (SSSR count). The third-order valence-electron chi connectivity index (χ3n) is 2.51. The molecule has 21 heavy (non-hydrogen) atoms. The molecule has 0 spiro atoms. The van der Waals surface area contributed by atoms with Crippen LogP contribution in [-0.4, -0.2) is 32.2 Å². The first kappa shape index (κ1) is 15.0. The van der Waals surface area contributed by atoms with Gasteiger partial charge in [0.15, 0.2) is 21.5 Å². The van der Waals surface area contributed by atoms with Crippen LogP contribution in [0.3, 0.4) is 0 Å². The molecule has 0 fully saturated rings. The number of nitrogens with one attached hydrogen (secondary N) is 1. The van der Waals surface area contributed by atoms with Gasteiger partial charge in [0.05, 0.1) is 11.9 Å². The molecule has 0 atom stereocenters. The van der Waals surface area contributed by atoms with E-state index in [1.807, 2.05) is 6.07 Å². The van der Waals surface area contributed by atoms with Crippen molar-refractivity contribution in [3.05, 3.63) is 48.7 Å². The summed E-state index contributed by atoms with van der Waals surface area (Å²) in [6.07, 6.45) is 2.36. The molecule has 110 valence electrons. The fourth-order valence-electron chi connectivity index (χ4n) is 1.54. The van der Waals surface area contributed by atoms with E-state index in [9.17, 15) is 13.2 Å². The second-order valence-corrected chi connectivity index (χ2v) is 6.27. The Bertz CT molecular complexity index is 712. The van der Waals surface area contributed by atoms with Gasteiger partial charge in [-0.3, -0.25) is 4.79 Å².